The molecule has 2 aromatic rings. The number of allylic oxidation sites excluding steroid dienone is 4. The molecule has 0 saturated heterocycles. The van der Waals surface area contributed by atoms with Gasteiger partial charge in [-0.1, -0.05) is 30.4 Å². The second kappa shape index (κ2) is 6.92. The van der Waals surface area contributed by atoms with Gasteiger partial charge in [0.2, 0.25) is 0 Å². The van der Waals surface area contributed by atoms with Crippen LogP contribution in [0.2, 0.25) is 0 Å². The van der Waals surface area contributed by atoms with E-state index in [1.54, 1.807) is 0 Å². The van der Waals surface area contributed by atoms with Crippen molar-refractivity contribution >= 4 is 35.2 Å². The second-order valence-electron chi connectivity index (χ2n) is 3.78. The Labute approximate surface area is 125 Å². The van der Waals surface area contributed by atoms with E-state index in [-0.39, 0.29) is 18.5 Å². The van der Waals surface area contributed by atoms with E-state index >= 15 is 0 Å². The predicted octanol–water partition coefficient (Wildman–Crippen LogP) is 5.46. The molecule has 0 amide bonds. The van der Waals surface area contributed by atoms with E-state index in [1.165, 1.54) is 16.3 Å². The molecule has 3 rings (SSSR count). The summed E-state index contributed by atoms with van der Waals surface area (Å²) in [5.74, 6) is 0.488. The Balaban J connectivity index is 0.000000329. The molecule has 0 bridgehead atoms. The zero-order valence-corrected chi connectivity index (χ0v) is 14.7. The van der Waals surface area contributed by atoms with Gasteiger partial charge in [0.1, 0.15) is 0 Å². The Morgan fingerprint density at radius 2 is 1.71 bits per heavy atom. The van der Waals surface area contributed by atoms with E-state index in [4.69, 9.17) is 0 Å². The Hall–Kier alpha value is 0.153. The molecule has 0 fully saturated rings. The molecule has 1 aliphatic carbocycles. The van der Waals surface area contributed by atoms with E-state index in [1.807, 2.05) is 0 Å². The van der Waals surface area contributed by atoms with Gasteiger partial charge in [-0.2, -0.15) is 6.07 Å². The zero-order chi connectivity index (χ0) is 12.1. The maximum absolute atomic E-state index is 3.23. The minimum atomic E-state index is -0.145. The zero-order valence-electron chi connectivity index (χ0n) is 9.11. The first-order valence-electron chi connectivity index (χ1n) is 5.32. The molecule has 0 aliphatic heterocycles. The summed E-state index contributed by atoms with van der Waals surface area (Å²) in [5, 5.41) is 2.69. The van der Waals surface area contributed by atoms with Gasteiger partial charge in [-0.3, -0.25) is 0 Å². The van der Waals surface area contributed by atoms with Crippen LogP contribution in [0.5, 0.6) is 0 Å². The molecular weight excluding hydrogens is 419 g/mol. The molecule has 0 heterocycles. The molecule has 0 aromatic heterocycles. The number of benzene rings is 1. The van der Waals surface area contributed by atoms with Crippen LogP contribution in [-0.4, -0.2) is 0 Å². The van der Waals surface area contributed by atoms with Crippen molar-refractivity contribution in [3.05, 3.63) is 66.3 Å². The third-order valence-corrected chi connectivity index (χ3v) is 2.77. The van der Waals surface area contributed by atoms with Crippen molar-refractivity contribution in [2.75, 3.05) is 0 Å². The number of fused-ring (bicyclic) bond motifs is 1. The van der Waals surface area contributed by atoms with Crippen molar-refractivity contribution in [1.29, 1.82) is 0 Å². The van der Waals surface area contributed by atoms with Crippen molar-refractivity contribution in [1.82, 2.24) is 0 Å². The van der Waals surface area contributed by atoms with E-state index < -0.39 is 0 Å². The molecule has 0 unspecified atom stereocenters. The van der Waals surface area contributed by atoms with Crippen molar-refractivity contribution in [3.8, 4) is 0 Å². The van der Waals surface area contributed by atoms with Gasteiger partial charge < -0.3 is 0 Å². The van der Waals surface area contributed by atoms with Crippen molar-refractivity contribution in [2.24, 2.45) is 0 Å². The van der Waals surface area contributed by atoms with Crippen LogP contribution in [-0.2, 0) is 18.5 Å². The normalized spacial score (nSPS) is 13.8. The predicted molar refractivity (Wildman–Crippen MR) is 78.4 cm³/mol. The summed E-state index contributed by atoms with van der Waals surface area (Å²) < 4.78 is 0. The average molecular weight is 430 g/mol. The first-order valence-corrected chi connectivity index (χ1v) is 16.6. The van der Waals surface area contributed by atoms with Crippen LogP contribution >= 0.6 is 24.4 Å². The molecule has 17 heavy (non-hydrogen) atoms. The van der Waals surface area contributed by atoms with Crippen LogP contribution < -0.4 is 0 Å². The molecule has 86 valence electrons. The number of rotatable bonds is 1. The summed E-state index contributed by atoms with van der Waals surface area (Å²) in [5.41, 5.74) is 1.40. The van der Waals surface area contributed by atoms with Crippen LogP contribution in [0.4, 0.5) is 0 Å². The summed E-state index contributed by atoms with van der Waals surface area (Å²) in [7, 11) is 0. The van der Waals surface area contributed by atoms with Gasteiger partial charge in [-0.15, -0.1) is 40.6 Å². The van der Waals surface area contributed by atoms with Gasteiger partial charge in [-0.25, -0.2) is 0 Å². The van der Waals surface area contributed by atoms with Gasteiger partial charge in [-0.05, 0) is 0 Å². The molecule has 3 heteroatoms. The fraction of sp³-hybridized carbons (Fsp3) is 0.0714. The Bertz CT molecular complexity index is 495. The first kappa shape index (κ1) is 13.6. The Morgan fingerprint density at radius 1 is 1.06 bits per heavy atom. The molecule has 0 saturated carbocycles. The molecule has 1 aliphatic rings. The third kappa shape index (κ3) is 3.56. The molecule has 0 nitrogen and oxygen atoms in total. The van der Waals surface area contributed by atoms with Gasteiger partial charge in [0.25, 0.3) is 0 Å². The quantitative estimate of drug-likeness (QED) is 0.528. The van der Waals surface area contributed by atoms with E-state index in [2.05, 4.69) is 85.1 Å². The fourth-order valence-electron chi connectivity index (χ4n) is 2.02. The summed E-state index contributed by atoms with van der Waals surface area (Å²) in [4.78, 5) is 0. The topological polar surface area (TPSA) is 0 Å². The summed E-state index contributed by atoms with van der Waals surface area (Å²) in [6.07, 6.45) is 8.69. The van der Waals surface area contributed by atoms with Crippen molar-refractivity contribution in [3.63, 3.8) is 0 Å². The van der Waals surface area contributed by atoms with Crippen LogP contribution in [0, 0.1) is 0 Å². The minimum absolute atomic E-state index is 0.145. The fourth-order valence-corrected chi connectivity index (χ4v) is 2.02. The maximum atomic E-state index is 3.23. The van der Waals surface area contributed by atoms with Crippen LogP contribution in [0.25, 0.3) is 10.8 Å². The summed E-state index contributed by atoms with van der Waals surface area (Å²) >= 11 is 6.32. The second-order valence-corrected chi connectivity index (χ2v) is 15.1. The van der Waals surface area contributed by atoms with Gasteiger partial charge in [0.05, 0.1) is 0 Å². The van der Waals surface area contributed by atoms with Crippen molar-refractivity contribution in [2.45, 2.75) is 5.92 Å². The molecule has 0 spiro atoms. The number of halogens is 2. The van der Waals surface area contributed by atoms with E-state index in [0.717, 1.165) is 0 Å². The Kier molecular flexibility index (Phi) is 5.53. The van der Waals surface area contributed by atoms with Crippen LogP contribution in [0.15, 0.2) is 60.7 Å². The summed E-state index contributed by atoms with van der Waals surface area (Å²) in [6.45, 7) is 0. The number of hydrogen-bond acceptors (Lipinski definition) is 0. The molecule has 0 N–H and O–H groups in total. The third-order valence-electron chi connectivity index (χ3n) is 2.77. The Morgan fingerprint density at radius 3 is 2.35 bits per heavy atom. The molecular formula is C14H11Br2Zr-. The molecule has 0 radical (unpaired) electrons. The van der Waals surface area contributed by atoms with E-state index in [0.29, 0.717) is 5.92 Å². The van der Waals surface area contributed by atoms with E-state index in [9.17, 15) is 0 Å². The molecule has 2 aromatic carbocycles. The van der Waals surface area contributed by atoms with Gasteiger partial charge in [0, 0.05) is 5.92 Å². The summed E-state index contributed by atoms with van der Waals surface area (Å²) in [6, 6.07) is 13.1. The first-order chi connectivity index (χ1) is 8.35. The van der Waals surface area contributed by atoms with Gasteiger partial charge in [0.15, 0.2) is 0 Å². The number of hydrogen-bond donors (Lipinski definition) is 0. The standard InChI is InChI=1S/C14H11.2BrH.Zr/c1-2-6-11(5-1)14-9-12-7-3-4-8-13(12)10-14;;;/h1-11H;2*1H;/q-1;;;+2/p-2. The van der Waals surface area contributed by atoms with Crippen LogP contribution in [0.1, 0.15) is 11.5 Å². The molecule has 0 atom stereocenters. The monoisotopic (exact) mass is 427 g/mol. The van der Waals surface area contributed by atoms with Gasteiger partial charge >= 0.3 is 43.0 Å². The average Bonchev–Trinajstić information content (AvgIpc) is 2.99. The van der Waals surface area contributed by atoms with Crippen molar-refractivity contribution < 1.29 is 18.5 Å². The SMILES string of the molecule is C1=CC(c2cc3ccccc3[cH-]2)C=C1.[Br][Zr][Br]. The van der Waals surface area contributed by atoms with Crippen LogP contribution in [0.3, 0.4) is 0 Å².